The van der Waals surface area contributed by atoms with E-state index >= 15 is 0 Å². The second-order valence-corrected chi connectivity index (χ2v) is 6.42. The summed E-state index contributed by atoms with van der Waals surface area (Å²) in [4.78, 5) is 37.1. The zero-order valence-corrected chi connectivity index (χ0v) is 14.8. The lowest BCUT2D eigenvalue weighted by atomic mass is 10.1. The van der Waals surface area contributed by atoms with Gasteiger partial charge < -0.3 is 10.2 Å². The molecule has 1 N–H and O–H groups in total. The molecule has 1 aromatic carbocycles. The predicted molar refractivity (Wildman–Crippen MR) is 97.2 cm³/mol. The summed E-state index contributed by atoms with van der Waals surface area (Å²) < 4.78 is 0. The first-order chi connectivity index (χ1) is 11.9. The number of Topliss-reactive ketones (excluding diaryl/α,β-unsaturated/α-hetero) is 1. The van der Waals surface area contributed by atoms with E-state index in [0.717, 1.165) is 4.88 Å². The maximum Gasteiger partial charge on any atom is 0.293 e. The van der Waals surface area contributed by atoms with Crippen LogP contribution in [0.25, 0.3) is 0 Å². The molecule has 2 aromatic rings. The molecule has 0 bridgehead atoms. The second-order valence-electron chi connectivity index (χ2n) is 5.39. The van der Waals surface area contributed by atoms with Crippen LogP contribution in [0.4, 0.5) is 11.4 Å². The summed E-state index contributed by atoms with van der Waals surface area (Å²) in [5.41, 5.74) is 0.415. The number of likely N-dealkylation sites (N-methyl/N-ethyl adjacent to an activating group) is 1. The van der Waals surface area contributed by atoms with E-state index in [2.05, 4.69) is 5.32 Å². The van der Waals surface area contributed by atoms with Crippen molar-refractivity contribution in [1.29, 1.82) is 0 Å². The normalized spacial score (nSPS) is 10.3. The van der Waals surface area contributed by atoms with Crippen LogP contribution in [0.3, 0.4) is 0 Å². The molecule has 0 fully saturated rings. The molecule has 0 unspecified atom stereocenters. The van der Waals surface area contributed by atoms with Gasteiger partial charge in [0.05, 0.1) is 18.0 Å². The third-order valence-corrected chi connectivity index (χ3v) is 4.55. The number of hydrogen-bond donors (Lipinski definition) is 1. The number of nitrogens with one attached hydrogen (secondary N) is 1. The van der Waals surface area contributed by atoms with Crippen molar-refractivity contribution in [3.8, 4) is 0 Å². The van der Waals surface area contributed by atoms with Crippen LogP contribution in [-0.4, -0.2) is 29.7 Å². The summed E-state index contributed by atoms with van der Waals surface area (Å²) in [6, 6.07) is 8.14. The van der Waals surface area contributed by atoms with Gasteiger partial charge in [-0.1, -0.05) is 6.07 Å². The van der Waals surface area contributed by atoms with Gasteiger partial charge in [-0.2, -0.15) is 0 Å². The lowest BCUT2D eigenvalue weighted by Gasteiger charge is -2.22. The minimum Gasteiger partial charge on any atom is -0.357 e. The van der Waals surface area contributed by atoms with Crippen molar-refractivity contribution in [2.24, 2.45) is 0 Å². The highest BCUT2D eigenvalue weighted by atomic mass is 32.1. The maximum atomic E-state index is 12.2. The van der Waals surface area contributed by atoms with Crippen LogP contribution < -0.4 is 10.2 Å². The number of ketones is 1. The van der Waals surface area contributed by atoms with Crippen molar-refractivity contribution in [3.63, 3.8) is 0 Å². The van der Waals surface area contributed by atoms with E-state index in [9.17, 15) is 19.7 Å². The monoisotopic (exact) mass is 361 g/mol. The van der Waals surface area contributed by atoms with Gasteiger partial charge in [-0.3, -0.25) is 19.7 Å². The Labute approximate surface area is 149 Å². The first kappa shape index (κ1) is 18.6. The van der Waals surface area contributed by atoms with Gasteiger partial charge in [-0.15, -0.1) is 11.3 Å². The molecule has 7 nitrogen and oxygen atoms in total. The molecule has 132 valence electrons. The number of thiophene rings is 1. The number of benzene rings is 1. The Bertz CT molecular complexity index is 774. The molecule has 0 saturated heterocycles. The molecular weight excluding hydrogens is 342 g/mol. The molecule has 0 radical (unpaired) electrons. The van der Waals surface area contributed by atoms with Crippen LogP contribution in [0, 0.1) is 10.1 Å². The molecule has 8 heteroatoms. The van der Waals surface area contributed by atoms with Gasteiger partial charge in [0.1, 0.15) is 5.69 Å². The predicted octanol–water partition coefficient (Wildman–Crippen LogP) is 3.00. The van der Waals surface area contributed by atoms with E-state index in [0.29, 0.717) is 18.8 Å². The molecule has 1 heterocycles. The van der Waals surface area contributed by atoms with Crippen LogP contribution in [0.1, 0.15) is 29.1 Å². The van der Waals surface area contributed by atoms with Crippen molar-refractivity contribution in [2.75, 3.05) is 18.0 Å². The summed E-state index contributed by atoms with van der Waals surface area (Å²) in [6.07, 6.45) is 0. The van der Waals surface area contributed by atoms with Crippen molar-refractivity contribution in [1.82, 2.24) is 5.32 Å². The summed E-state index contributed by atoms with van der Waals surface area (Å²) in [5.74, 6) is -0.466. The molecule has 0 aliphatic heterocycles. The third-order valence-electron chi connectivity index (χ3n) is 3.68. The maximum absolute atomic E-state index is 12.2. The average Bonchev–Trinajstić information content (AvgIpc) is 3.10. The van der Waals surface area contributed by atoms with E-state index < -0.39 is 4.92 Å². The van der Waals surface area contributed by atoms with E-state index in [-0.39, 0.29) is 29.5 Å². The zero-order valence-electron chi connectivity index (χ0n) is 14.0. The van der Waals surface area contributed by atoms with Gasteiger partial charge in [0.15, 0.2) is 5.78 Å². The summed E-state index contributed by atoms with van der Waals surface area (Å²) in [5, 5.41) is 16.1. The largest absolute Gasteiger partial charge is 0.357 e. The van der Waals surface area contributed by atoms with Crippen LogP contribution in [0.5, 0.6) is 0 Å². The molecule has 1 amide bonds. The Morgan fingerprint density at radius 3 is 2.64 bits per heavy atom. The minimum atomic E-state index is -0.534. The van der Waals surface area contributed by atoms with Gasteiger partial charge in [0.2, 0.25) is 5.91 Å². The molecule has 1 aromatic heterocycles. The van der Waals surface area contributed by atoms with Gasteiger partial charge >= 0.3 is 0 Å². The van der Waals surface area contributed by atoms with Crippen LogP contribution >= 0.6 is 11.3 Å². The quantitative estimate of drug-likeness (QED) is 0.443. The van der Waals surface area contributed by atoms with Gasteiger partial charge in [0.25, 0.3) is 5.69 Å². The van der Waals surface area contributed by atoms with E-state index in [1.165, 1.54) is 25.1 Å². The second kappa shape index (κ2) is 8.39. The Morgan fingerprint density at radius 1 is 1.32 bits per heavy atom. The molecule has 0 aliphatic carbocycles. The number of carbonyl (C=O) groups excluding carboxylic acids is 2. The van der Waals surface area contributed by atoms with E-state index in [4.69, 9.17) is 0 Å². The van der Waals surface area contributed by atoms with Gasteiger partial charge in [-0.25, -0.2) is 0 Å². The smallest absolute Gasteiger partial charge is 0.293 e. The lowest BCUT2D eigenvalue weighted by Crippen LogP contribution is -2.37. The Hall–Kier alpha value is -2.74. The molecule has 0 atom stereocenters. The number of nitro groups is 1. The molecule has 2 rings (SSSR count). The number of nitrogens with zero attached hydrogens (tertiary/aromatic N) is 2. The van der Waals surface area contributed by atoms with Crippen molar-refractivity contribution >= 4 is 34.4 Å². The summed E-state index contributed by atoms with van der Waals surface area (Å²) in [6.45, 7) is 4.03. The van der Waals surface area contributed by atoms with Crippen LogP contribution in [0.15, 0.2) is 35.7 Å². The SMILES string of the molecule is CCN(CC(=O)NCc1cccs1)c1ccc(C(C)=O)cc1[N+](=O)[O-]. The molecule has 0 saturated carbocycles. The molecular formula is C17H19N3O4S. The highest BCUT2D eigenvalue weighted by Crippen LogP contribution is 2.29. The summed E-state index contributed by atoms with van der Waals surface area (Å²) >= 11 is 1.55. The standard InChI is InChI=1S/C17H19N3O4S/c1-3-19(11-17(22)18-10-14-5-4-8-25-14)15-7-6-13(12(2)21)9-16(15)20(23)24/h4-9H,3,10-11H2,1-2H3,(H,18,22). The van der Waals surface area contributed by atoms with Crippen molar-refractivity contribution < 1.29 is 14.5 Å². The number of nitro benzene ring substituents is 1. The van der Waals surface area contributed by atoms with Crippen LogP contribution in [0.2, 0.25) is 0 Å². The van der Waals surface area contributed by atoms with Crippen molar-refractivity contribution in [3.05, 3.63) is 56.3 Å². The topological polar surface area (TPSA) is 92.6 Å². The highest BCUT2D eigenvalue weighted by Gasteiger charge is 2.22. The average molecular weight is 361 g/mol. The summed E-state index contributed by atoms with van der Waals surface area (Å²) in [7, 11) is 0. The number of rotatable bonds is 8. The number of hydrogen-bond acceptors (Lipinski definition) is 6. The lowest BCUT2D eigenvalue weighted by molar-refractivity contribution is -0.384. The van der Waals surface area contributed by atoms with E-state index in [1.807, 2.05) is 24.4 Å². The first-order valence-electron chi connectivity index (χ1n) is 7.75. The van der Waals surface area contributed by atoms with E-state index in [1.54, 1.807) is 16.2 Å². The number of anilines is 1. The third kappa shape index (κ3) is 4.87. The minimum absolute atomic E-state index is 0.00212. The Kier molecular flexibility index (Phi) is 6.24. The number of carbonyl (C=O) groups is 2. The van der Waals surface area contributed by atoms with Crippen molar-refractivity contribution in [2.45, 2.75) is 20.4 Å². The fraction of sp³-hybridized carbons (Fsp3) is 0.294. The fourth-order valence-corrected chi connectivity index (χ4v) is 3.00. The zero-order chi connectivity index (χ0) is 18.4. The fourth-order valence-electron chi connectivity index (χ4n) is 2.35. The molecule has 0 aliphatic rings. The first-order valence-corrected chi connectivity index (χ1v) is 8.63. The number of amides is 1. The molecule has 0 spiro atoms. The van der Waals surface area contributed by atoms with Gasteiger partial charge in [0, 0.05) is 23.1 Å². The van der Waals surface area contributed by atoms with Crippen LogP contribution in [-0.2, 0) is 11.3 Å². The Morgan fingerprint density at radius 2 is 2.08 bits per heavy atom. The molecule has 25 heavy (non-hydrogen) atoms. The van der Waals surface area contributed by atoms with Gasteiger partial charge in [-0.05, 0) is 37.4 Å². The Balaban J connectivity index is 2.14. The highest BCUT2D eigenvalue weighted by molar-refractivity contribution is 7.09.